The highest BCUT2D eigenvalue weighted by atomic mass is 32.1. The van der Waals surface area contributed by atoms with Gasteiger partial charge in [-0.3, -0.25) is 0 Å². The molecular formula is C13H16N2O5S. The van der Waals surface area contributed by atoms with Crippen LogP contribution in [0.5, 0.6) is 0 Å². The van der Waals surface area contributed by atoms with Crippen molar-refractivity contribution in [3.8, 4) is 0 Å². The van der Waals surface area contributed by atoms with Gasteiger partial charge in [0.1, 0.15) is 24.4 Å². The summed E-state index contributed by atoms with van der Waals surface area (Å²) in [4.78, 5) is 3.85. The molecule has 1 aromatic rings. The normalized spacial score (nSPS) is 36.0. The molecule has 1 heterocycles. The van der Waals surface area contributed by atoms with E-state index in [4.69, 9.17) is 10.5 Å². The number of thiocarbonyl (C=S) groups is 1. The third-order valence-electron chi connectivity index (χ3n) is 3.50. The van der Waals surface area contributed by atoms with Crippen LogP contribution in [0.3, 0.4) is 0 Å². The molecule has 114 valence electrons. The minimum absolute atomic E-state index is 0.367. The lowest BCUT2D eigenvalue weighted by atomic mass is 9.86. The molecule has 0 spiro atoms. The smallest absolute Gasteiger partial charge is 0.223 e. The van der Waals surface area contributed by atoms with Gasteiger partial charge in [-0.05, 0) is 24.4 Å². The van der Waals surface area contributed by atoms with Crippen LogP contribution in [-0.4, -0.2) is 56.6 Å². The quantitative estimate of drug-likeness (QED) is 0.275. The molecule has 1 aliphatic heterocycles. The minimum Gasteiger partial charge on any atom is -0.399 e. The van der Waals surface area contributed by atoms with Crippen molar-refractivity contribution in [2.75, 3.05) is 12.3 Å². The molecule has 0 saturated carbocycles. The molecule has 6 N–H and O–H groups in total. The van der Waals surface area contributed by atoms with Crippen LogP contribution in [0.25, 0.3) is 0 Å². The average molecular weight is 312 g/mol. The molecule has 0 radical (unpaired) electrons. The number of nitrogen functional groups attached to an aromatic ring is 1. The summed E-state index contributed by atoms with van der Waals surface area (Å²) >= 11 is 4.59. The van der Waals surface area contributed by atoms with E-state index in [1.54, 1.807) is 24.3 Å². The number of nitrogens with zero attached hydrogens (tertiary/aromatic N) is 1. The van der Waals surface area contributed by atoms with Gasteiger partial charge in [0.15, 0.2) is 0 Å². The van der Waals surface area contributed by atoms with E-state index in [2.05, 4.69) is 22.4 Å². The predicted octanol–water partition coefficient (Wildman–Crippen LogP) is -1.00. The Hall–Kier alpha value is -1.38. The maximum Gasteiger partial charge on any atom is 0.223 e. The molecule has 0 aliphatic carbocycles. The van der Waals surface area contributed by atoms with Crippen molar-refractivity contribution in [3.05, 3.63) is 29.8 Å². The number of anilines is 1. The van der Waals surface area contributed by atoms with Gasteiger partial charge in [-0.1, -0.05) is 12.1 Å². The molecule has 1 fully saturated rings. The topological polar surface area (TPSA) is 129 Å². The van der Waals surface area contributed by atoms with E-state index in [9.17, 15) is 20.4 Å². The Bertz CT molecular complexity index is 546. The third kappa shape index (κ3) is 2.70. The Balaban J connectivity index is 2.54. The van der Waals surface area contributed by atoms with Crippen LogP contribution in [-0.2, 0) is 10.5 Å². The van der Waals surface area contributed by atoms with Crippen LogP contribution in [0.4, 0.5) is 5.69 Å². The fraction of sp³-hybridized carbons (Fsp3) is 0.462. The predicted molar refractivity (Wildman–Crippen MR) is 77.5 cm³/mol. The van der Waals surface area contributed by atoms with E-state index in [0.29, 0.717) is 11.3 Å². The molecule has 1 aliphatic rings. The zero-order chi connectivity index (χ0) is 15.6. The Morgan fingerprint density at radius 1 is 1.24 bits per heavy atom. The Morgan fingerprint density at radius 2 is 1.86 bits per heavy atom. The summed E-state index contributed by atoms with van der Waals surface area (Å²) in [7, 11) is 0. The second kappa shape index (κ2) is 6.17. The summed E-state index contributed by atoms with van der Waals surface area (Å²) in [6.07, 6.45) is -5.74. The number of ether oxygens (including phenoxy) is 1. The van der Waals surface area contributed by atoms with Gasteiger partial charge in [-0.15, -0.1) is 0 Å². The van der Waals surface area contributed by atoms with Crippen molar-refractivity contribution in [2.45, 2.75) is 30.1 Å². The largest absolute Gasteiger partial charge is 0.399 e. The van der Waals surface area contributed by atoms with Gasteiger partial charge in [0.25, 0.3) is 0 Å². The first-order chi connectivity index (χ1) is 9.96. The molecule has 0 aromatic heterocycles. The summed E-state index contributed by atoms with van der Waals surface area (Å²) in [6, 6.07) is 6.23. The summed E-state index contributed by atoms with van der Waals surface area (Å²) in [6.45, 7) is -0.561. The van der Waals surface area contributed by atoms with Crippen LogP contribution in [0, 0.1) is 0 Å². The Labute approximate surface area is 126 Å². The van der Waals surface area contributed by atoms with Gasteiger partial charge in [-0.2, -0.15) is 4.99 Å². The Kier molecular flexibility index (Phi) is 4.70. The van der Waals surface area contributed by atoms with Gasteiger partial charge >= 0.3 is 0 Å². The summed E-state index contributed by atoms with van der Waals surface area (Å²) in [5.74, 6) is 0. The van der Waals surface area contributed by atoms with Gasteiger partial charge < -0.3 is 30.9 Å². The van der Waals surface area contributed by atoms with Crippen LogP contribution in [0.1, 0.15) is 5.56 Å². The van der Waals surface area contributed by atoms with E-state index in [1.807, 2.05) is 0 Å². The van der Waals surface area contributed by atoms with E-state index < -0.39 is 36.7 Å². The van der Waals surface area contributed by atoms with E-state index >= 15 is 0 Å². The molecule has 8 heteroatoms. The molecular weight excluding hydrogens is 296 g/mol. The van der Waals surface area contributed by atoms with E-state index in [1.165, 1.54) is 0 Å². The highest BCUT2D eigenvalue weighted by molar-refractivity contribution is 7.78. The van der Waals surface area contributed by atoms with E-state index in [-0.39, 0.29) is 0 Å². The first-order valence-electron chi connectivity index (χ1n) is 6.24. The number of rotatable bonds is 3. The summed E-state index contributed by atoms with van der Waals surface area (Å²) in [5, 5.41) is 41.5. The van der Waals surface area contributed by atoms with Gasteiger partial charge in [0, 0.05) is 11.3 Å². The van der Waals surface area contributed by atoms with Crippen LogP contribution < -0.4 is 5.73 Å². The highest BCUT2D eigenvalue weighted by Crippen LogP contribution is 2.39. The molecule has 21 heavy (non-hydrogen) atoms. The average Bonchev–Trinajstić information content (AvgIpc) is 2.49. The maximum absolute atomic E-state index is 10.3. The van der Waals surface area contributed by atoms with Crippen LogP contribution in [0.2, 0.25) is 0 Å². The first-order valence-corrected chi connectivity index (χ1v) is 6.65. The van der Waals surface area contributed by atoms with Crippen molar-refractivity contribution in [2.24, 2.45) is 4.99 Å². The number of benzene rings is 1. The fourth-order valence-corrected chi connectivity index (χ4v) is 2.47. The van der Waals surface area contributed by atoms with Crippen molar-refractivity contribution in [3.63, 3.8) is 0 Å². The number of hydrogen-bond donors (Lipinski definition) is 5. The Morgan fingerprint density at radius 3 is 2.38 bits per heavy atom. The minimum atomic E-state index is -1.76. The summed E-state index contributed by atoms with van der Waals surface area (Å²) in [5.41, 5.74) is 4.71. The first kappa shape index (κ1) is 16.0. The maximum atomic E-state index is 10.3. The van der Waals surface area contributed by atoms with Crippen LogP contribution in [0.15, 0.2) is 29.3 Å². The number of nitrogens with two attached hydrogens (primary N) is 1. The number of hydrogen-bond acceptors (Lipinski definition) is 8. The SMILES string of the molecule is Nc1ccc([C@@]2(N=C=S)O[C@H](CO)[C@@H](O)[C@H](O)[C@@H]2O)cc1. The molecule has 0 unspecified atom stereocenters. The molecule has 2 rings (SSSR count). The second-order valence-electron chi connectivity index (χ2n) is 4.79. The van der Waals surface area contributed by atoms with Gasteiger partial charge in [-0.25, -0.2) is 0 Å². The number of aliphatic hydroxyl groups excluding tert-OH is 4. The van der Waals surface area contributed by atoms with Crippen molar-refractivity contribution in [1.82, 2.24) is 0 Å². The van der Waals surface area contributed by atoms with E-state index in [0.717, 1.165) is 0 Å². The standard InChI is InChI=1S/C13H16N2O5S/c14-8-3-1-7(2-4-8)13(15-6-21)12(19)11(18)10(17)9(5-16)20-13/h1-4,9-12,16-19H,5,14H2/t9-,10-,11+,12+,13-/m1/s1. The van der Waals surface area contributed by atoms with Gasteiger partial charge in [0.2, 0.25) is 5.72 Å². The number of isothiocyanates is 1. The highest BCUT2D eigenvalue weighted by Gasteiger charge is 2.54. The second-order valence-corrected chi connectivity index (χ2v) is 4.97. The number of aliphatic imine (C=N–C) groups is 1. The molecule has 5 atom stereocenters. The van der Waals surface area contributed by atoms with Gasteiger partial charge in [0.05, 0.1) is 11.8 Å². The zero-order valence-corrected chi connectivity index (χ0v) is 11.8. The lowest BCUT2D eigenvalue weighted by Gasteiger charge is -2.45. The molecule has 1 saturated heterocycles. The van der Waals surface area contributed by atoms with Crippen LogP contribution >= 0.6 is 12.2 Å². The monoisotopic (exact) mass is 312 g/mol. The number of aliphatic hydroxyl groups is 4. The zero-order valence-electron chi connectivity index (χ0n) is 11.0. The van der Waals surface area contributed by atoms with Crippen molar-refractivity contribution >= 4 is 23.1 Å². The molecule has 0 amide bonds. The third-order valence-corrected chi connectivity index (χ3v) is 3.59. The molecule has 0 bridgehead atoms. The van der Waals surface area contributed by atoms with Crippen molar-refractivity contribution in [1.29, 1.82) is 0 Å². The summed E-state index contributed by atoms with van der Waals surface area (Å²) < 4.78 is 5.54. The lowest BCUT2D eigenvalue weighted by molar-refractivity contribution is -0.276. The fourth-order valence-electron chi connectivity index (χ4n) is 2.34. The molecule has 7 nitrogen and oxygen atoms in total. The van der Waals surface area contributed by atoms with Crippen molar-refractivity contribution < 1.29 is 25.2 Å². The lowest BCUT2D eigenvalue weighted by Crippen LogP contribution is -2.62. The molecule has 1 aromatic carbocycles.